The molecule has 1 aliphatic rings. The molecule has 2 N–H and O–H groups in total. The minimum atomic E-state index is -1.23. The topological polar surface area (TPSA) is 114 Å². The lowest BCUT2D eigenvalue weighted by Gasteiger charge is -2.25. The molecular weight excluding hydrogens is 561 g/mol. The number of benzene rings is 2. The van der Waals surface area contributed by atoms with E-state index in [9.17, 15) is 14.0 Å². The Morgan fingerprint density at radius 1 is 1.05 bits per heavy atom. The van der Waals surface area contributed by atoms with Crippen molar-refractivity contribution in [1.29, 1.82) is 5.26 Å². The van der Waals surface area contributed by atoms with Gasteiger partial charge >= 0.3 is 0 Å². The zero-order valence-corrected chi connectivity index (χ0v) is 22.0. The molecular formula is C27H18Cl2F2N8O. The summed E-state index contributed by atoms with van der Waals surface area (Å²) in [6.07, 6.45) is 4.35. The molecule has 1 saturated heterocycles. The molecule has 1 aliphatic heterocycles. The quantitative estimate of drug-likeness (QED) is 0.220. The summed E-state index contributed by atoms with van der Waals surface area (Å²) in [6.45, 7) is 1.14. The highest BCUT2D eigenvalue weighted by Crippen LogP contribution is 2.37. The van der Waals surface area contributed by atoms with Crippen LogP contribution in [0.4, 0.5) is 25.8 Å². The number of pyridine rings is 2. The van der Waals surface area contributed by atoms with E-state index in [0.29, 0.717) is 51.2 Å². The van der Waals surface area contributed by atoms with Crippen LogP contribution < -0.4 is 10.6 Å². The average molecular weight is 579 g/mol. The van der Waals surface area contributed by atoms with E-state index >= 15 is 0 Å². The van der Waals surface area contributed by atoms with E-state index < -0.39 is 17.8 Å². The van der Waals surface area contributed by atoms with E-state index in [2.05, 4.69) is 37.0 Å². The summed E-state index contributed by atoms with van der Waals surface area (Å²) in [4.78, 5) is 7.76. The van der Waals surface area contributed by atoms with Crippen LogP contribution in [0.1, 0.15) is 28.9 Å². The second-order valence-electron chi connectivity index (χ2n) is 9.08. The molecule has 0 aliphatic carbocycles. The molecule has 2 aromatic carbocycles. The number of nitrogens with zero attached hydrogens (tertiary/aromatic N) is 6. The summed E-state index contributed by atoms with van der Waals surface area (Å²) in [5.74, 6) is -2.36. The number of ether oxygens (including phenoxy) is 1. The summed E-state index contributed by atoms with van der Waals surface area (Å²) in [5, 5.41) is 26.3. The Balaban J connectivity index is 1.43. The first-order valence-corrected chi connectivity index (χ1v) is 12.8. The number of hydrogen-bond donors (Lipinski definition) is 2. The highest BCUT2D eigenvalue weighted by molar-refractivity contribution is 6.36. The molecule has 0 saturated carbocycles. The molecule has 200 valence electrons. The molecule has 1 atom stereocenters. The maximum atomic E-state index is 13.9. The third-order valence-corrected chi connectivity index (χ3v) is 6.98. The summed E-state index contributed by atoms with van der Waals surface area (Å²) in [6, 6.07) is 13.5. The van der Waals surface area contributed by atoms with Gasteiger partial charge in [0.1, 0.15) is 17.8 Å². The molecule has 0 bridgehead atoms. The minimum absolute atomic E-state index is 0.122. The Labute approximate surface area is 236 Å². The monoisotopic (exact) mass is 578 g/mol. The van der Waals surface area contributed by atoms with Gasteiger partial charge in [0.05, 0.1) is 59.1 Å². The van der Waals surface area contributed by atoms with Crippen LogP contribution in [0.5, 0.6) is 0 Å². The predicted octanol–water partition coefficient (Wildman–Crippen LogP) is 6.19. The van der Waals surface area contributed by atoms with Crippen LogP contribution in [-0.2, 0) is 4.74 Å². The highest BCUT2D eigenvalue weighted by atomic mass is 35.5. The molecule has 9 nitrogen and oxygen atoms in total. The van der Waals surface area contributed by atoms with Crippen molar-refractivity contribution in [2.45, 2.75) is 12.1 Å². The zero-order chi connectivity index (χ0) is 27.8. The van der Waals surface area contributed by atoms with Crippen LogP contribution in [-0.4, -0.2) is 38.2 Å². The van der Waals surface area contributed by atoms with Crippen LogP contribution in [0, 0.1) is 23.1 Å². The first-order valence-electron chi connectivity index (χ1n) is 12.0. The molecule has 1 fully saturated rings. The number of aromatic nitrogens is 5. The van der Waals surface area contributed by atoms with Crippen molar-refractivity contribution in [2.75, 3.05) is 23.8 Å². The Morgan fingerprint density at radius 2 is 1.85 bits per heavy atom. The van der Waals surface area contributed by atoms with E-state index in [4.69, 9.17) is 27.9 Å². The standard InChI is InChI=1S/C27H18Cl2F2N8O/c28-16-3-1-14(2-4-16)25(23-11-39(38-37-23)19-12-40-13-19)35-17-5-20-24(36-18-7-22(30)27(31)34-10-18)15(8-32)9-33-26(20)21(29)6-17/h1-7,9-11,19,25,35H,12-13H2,(H,33,36)/t25-/m0/s1. The van der Waals surface area contributed by atoms with Crippen molar-refractivity contribution in [3.8, 4) is 6.07 Å². The SMILES string of the molecule is N#Cc1cnc2c(Cl)cc(N[C@@H](c3ccc(Cl)cc3)c3cn(C4COC4)nn3)cc2c1Nc1cnc(F)c(F)c1. The lowest BCUT2D eigenvalue weighted by Crippen LogP contribution is -2.31. The molecule has 0 radical (unpaired) electrons. The lowest BCUT2D eigenvalue weighted by atomic mass is 10.0. The number of hydrogen-bond acceptors (Lipinski definition) is 8. The summed E-state index contributed by atoms with van der Waals surface area (Å²) in [7, 11) is 0. The van der Waals surface area contributed by atoms with Crippen molar-refractivity contribution in [2.24, 2.45) is 0 Å². The smallest absolute Gasteiger partial charge is 0.249 e. The first-order chi connectivity index (χ1) is 19.4. The normalized spacial score (nSPS) is 14.0. The third-order valence-electron chi connectivity index (χ3n) is 6.44. The van der Waals surface area contributed by atoms with Gasteiger partial charge in [-0.25, -0.2) is 14.1 Å². The van der Waals surface area contributed by atoms with E-state index in [0.717, 1.165) is 17.8 Å². The molecule has 5 aromatic rings. The van der Waals surface area contributed by atoms with Gasteiger partial charge in [0.2, 0.25) is 5.95 Å². The molecule has 0 spiro atoms. The van der Waals surface area contributed by atoms with Crippen LogP contribution in [0.3, 0.4) is 0 Å². The van der Waals surface area contributed by atoms with Crippen molar-refractivity contribution in [3.05, 3.63) is 99.7 Å². The molecule has 13 heteroatoms. The van der Waals surface area contributed by atoms with E-state index in [1.165, 1.54) is 6.20 Å². The molecule has 4 heterocycles. The van der Waals surface area contributed by atoms with Crippen molar-refractivity contribution >= 4 is 51.2 Å². The molecule has 40 heavy (non-hydrogen) atoms. The van der Waals surface area contributed by atoms with Gasteiger partial charge in [-0.2, -0.15) is 9.65 Å². The average Bonchev–Trinajstić information content (AvgIpc) is 3.38. The fourth-order valence-electron chi connectivity index (χ4n) is 4.32. The second-order valence-corrected chi connectivity index (χ2v) is 9.92. The van der Waals surface area contributed by atoms with Gasteiger partial charge in [0.15, 0.2) is 5.82 Å². The highest BCUT2D eigenvalue weighted by Gasteiger charge is 2.25. The molecule has 6 rings (SSSR count). The van der Waals surface area contributed by atoms with Gasteiger partial charge in [-0.05, 0) is 29.8 Å². The number of nitrogens with one attached hydrogen (secondary N) is 2. The van der Waals surface area contributed by atoms with Gasteiger partial charge < -0.3 is 15.4 Å². The Hall–Kier alpha value is -4.37. The van der Waals surface area contributed by atoms with Crippen molar-refractivity contribution in [1.82, 2.24) is 25.0 Å². The minimum Gasteiger partial charge on any atom is -0.377 e. The zero-order valence-electron chi connectivity index (χ0n) is 20.4. The Kier molecular flexibility index (Phi) is 6.89. The van der Waals surface area contributed by atoms with Crippen LogP contribution in [0.25, 0.3) is 10.9 Å². The van der Waals surface area contributed by atoms with Crippen molar-refractivity contribution in [3.63, 3.8) is 0 Å². The second kappa shape index (κ2) is 10.7. The summed E-state index contributed by atoms with van der Waals surface area (Å²) >= 11 is 12.8. The maximum absolute atomic E-state index is 13.9. The van der Waals surface area contributed by atoms with Gasteiger partial charge in [-0.15, -0.1) is 5.10 Å². The number of rotatable bonds is 7. The van der Waals surface area contributed by atoms with E-state index in [-0.39, 0.29) is 17.3 Å². The molecule has 0 amide bonds. The largest absolute Gasteiger partial charge is 0.377 e. The third kappa shape index (κ3) is 5.00. The number of fused-ring (bicyclic) bond motifs is 1. The van der Waals surface area contributed by atoms with Crippen LogP contribution in [0.15, 0.2) is 61.1 Å². The van der Waals surface area contributed by atoms with Gasteiger partial charge in [0, 0.05) is 28.4 Å². The van der Waals surface area contributed by atoms with E-state index in [1.807, 2.05) is 18.3 Å². The lowest BCUT2D eigenvalue weighted by molar-refractivity contribution is -0.0293. The predicted molar refractivity (Wildman–Crippen MR) is 146 cm³/mol. The van der Waals surface area contributed by atoms with Gasteiger partial charge in [-0.1, -0.05) is 40.5 Å². The molecule has 3 aromatic heterocycles. The van der Waals surface area contributed by atoms with Crippen LogP contribution >= 0.6 is 23.2 Å². The van der Waals surface area contributed by atoms with E-state index in [1.54, 1.807) is 28.9 Å². The Bertz CT molecular complexity index is 1770. The van der Waals surface area contributed by atoms with Gasteiger partial charge in [0.25, 0.3) is 0 Å². The number of anilines is 3. The maximum Gasteiger partial charge on any atom is 0.249 e. The summed E-state index contributed by atoms with van der Waals surface area (Å²) < 4.78 is 34.3. The fraction of sp³-hybridized carbons (Fsp3) is 0.148. The number of nitriles is 1. The first kappa shape index (κ1) is 25.9. The summed E-state index contributed by atoms with van der Waals surface area (Å²) in [5.41, 5.74) is 3.14. The number of halogens is 4. The molecule has 0 unspecified atom stereocenters. The Morgan fingerprint density at radius 3 is 2.55 bits per heavy atom. The van der Waals surface area contributed by atoms with Gasteiger partial charge in [-0.3, -0.25) is 4.98 Å². The van der Waals surface area contributed by atoms with Crippen molar-refractivity contribution < 1.29 is 13.5 Å². The fourth-order valence-corrected chi connectivity index (χ4v) is 4.72. The van der Waals surface area contributed by atoms with Crippen LogP contribution in [0.2, 0.25) is 10.0 Å².